The smallest absolute Gasteiger partial charge is 0.337 e. The molecule has 0 saturated carbocycles. The molecule has 5 rings (SSSR count). The van der Waals surface area contributed by atoms with Gasteiger partial charge in [0, 0.05) is 11.6 Å². The van der Waals surface area contributed by atoms with E-state index in [1.54, 1.807) is 29.4 Å². The number of hydrogen-bond donors (Lipinski definition) is 0. The number of anilines is 1. The van der Waals surface area contributed by atoms with Crippen molar-refractivity contribution in [3.63, 3.8) is 0 Å². The molecule has 8 heteroatoms. The minimum atomic E-state index is -0.399. The highest BCUT2D eigenvalue weighted by molar-refractivity contribution is 6.10. The molecule has 8 nitrogen and oxygen atoms in total. The summed E-state index contributed by atoms with van der Waals surface area (Å²) in [7, 11) is 1.35. The summed E-state index contributed by atoms with van der Waals surface area (Å²) in [6, 6.07) is 18.7. The molecule has 2 aromatic carbocycles. The fourth-order valence-corrected chi connectivity index (χ4v) is 4.11. The van der Waals surface area contributed by atoms with E-state index in [4.69, 9.17) is 9.72 Å². The van der Waals surface area contributed by atoms with E-state index >= 15 is 0 Å². The molecule has 4 aromatic rings. The van der Waals surface area contributed by atoms with Gasteiger partial charge in [-0.2, -0.15) is 0 Å². The highest BCUT2D eigenvalue weighted by Gasteiger charge is 2.30. The van der Waals surface area contributed by atoms with E-state index < -0.39 is 5.97 Å². The number of pyridine rings is 1. The minimum Gasteiger partial charge on any atom is -0.465 e. The van der Waals surface area contributed by atoms with Gasteiger partial charge in [-0.25, -0.2) is 9.78 Å². The summed E-state index contributed by atoms with van der Waals surface area (Å²) in [6.45, 7) is 4.54. The molecule has 0 fully saturated rings. The van der Waals surface area contributed by atoms with E-state index in [1.165, 1.54) is 7.11 Å². The second-order valence-electron chi connectivity index (χ2n) is 8.37. The lowest BCUT2D eigenvalue weighted by atomic mass is 9.99. The summed E-state index contributed by atoms with van der Waals surface area (Å²) in [6.07, 6.45) is 1.68. The largest absolute Gasteiger partial charge is 0.465 e. The number of methoxy groups -OCH3 is 1. The van der Waals surface area contributed by atoms with Gasteiger partial charge < -0.3 is 9.30 Å². The number of amides is 1. The number of carbonyl (C=O) groups is 2. The van der Waals surface area contributed by atoms with Crippen molar-refractivity contribution in [1.82, 2.24) is 19.7 Å². The van der Waals surface area contributed by atoms with Gasteiger partial charge in [0.05, 0.1) is 19.2 Å². The number of rotatable bonds is 5. The molecule has 1 aliphatic rings. The summed E-state index contributed by atoms with van der Waals surface area (Å²) in [4.78, 5) is 31.7. The lowest BCUT2D eigenvalue weighted by molar-refractivity contribution is 0.0600. The Morgan fingerprint density at radius 2 is 1.82 bits per heavy atom. The molecule has 0 N–H and O–H groups in total. The Balaban J connectivity index is 1.46. The monoisotopic (exact) mass is 453 g/mol. The van der Waals surface area contributed by atoms with Crippen LogP contribution in [0.5, 0.6) is 0 Å². The third-order valence-electron chi connectivity index (χ3n) is 5.90. The predicted octanol–water partition coefficient (Wildman–Crippen LogP) is 4.54. The standard InChI is InChI=1S/C26H23N5O3/c1-16(2)31-15-27-29-24(31)22-8-5-9-23(28-22)30-14-20-11-10-18(13-21(20)25(30)32)17-6-4-7-19(12-17)26(33)34-3/h4-13,15-16H,14H2,1-3H3. The molecule has 1 aliphatic heterocycles. The van der Waals surface area contributed by atoms with E-state index in [1.807, 2.05) is 47.0 Å². The molecule has 170 valence electrons. The molecule has 0 saturated heterocycles. The van der Waals surface area contributed by atoms with Crippen molar-refractivity contribution in [3.05, 3.63) is 83.7 Å². The summed E-state index contributed by atoms with van der Waals surface area (Å²) in [5, 5.41) is 8.24. The van der Waals surface area contributed by atoms with Crippen molar-refractivity contribution in [1.29, 1.82) is 0 Å². The van der Waals surface area contributed by atoms with Gasteiger partial charge in [-0.15, -0.1) is 10.2 Å². The predicted molar refractivity (Wildman–Crippen MR) is 127 cm³/mol. The van der Waals surface area contributed by atoms with Gasteiger partial charge in [-0.05, 0) is 60.9 Å². The van der Waals surface area contributed by atoms with Gasteiger partial charge in [-0.1, -0.05) is 30.3 Å². The Hall–Kier alpha value is -4.33. The molecule has 0 spiro atoms. The first-order valence-electron chi connectivity index (χ1n) is 11.0. The van der Waals surface area contributed by atoms with Crippen molar-refractivity contribution in [2.45, 2.75) is 26.4 Å². The fraction of sp³-hybridized carbons (Fsp3) is 0.192. The Labute approximate surface area is 196 Å². The van der Waals surface area contributed by atoms with Crippen molar-refractivity contribution in [2.75, 3.05) is 12.0 Å². The highest BCUT2D eigenvalue weighted by atomic mass is 16.5. The van der Waals surface area contributed by atoms with Crippen LogP contribution < -0.4 is 4.90 Å². The number of nitrogens with zero attached hydrogens (tertiary/aromatic N) is 5. The van der Waals surface area contributed by atoms with Crippen molar-refractivity contribution in [2.24, 2.45) is 0 Å². The van der Waals surface area contributed by atoms with Crippen LogP contribution in [0.3, 0.4) is 0 Å². The van der Waals surface area contributed by atoms with E-state index in [-0.39, 0.29) is 11.9 Å². The van der Waals surface area contributed by atoms with Crippen molar-refractivity contribution >= 4 is 17.7 Å². The number of carbonyl (C=O) groups excluding carboxylic acids is 2. The van der Waals surface area contributed by atoms with Crippen LogP contribution in [0, 0.1) is 0 Å². The lowest BCUT2D eigenvalue weighted by Crippen LogP contribution is -2.24. The summed E-state index contributed by atoms with van der Waals surface area (Å²) < 4.78 is 6.77. The van der Waals surface area contributed by atoms with Crippen LogP contribution in [0.4, 0.5) is 5.82 Å². The first kappa shape index (κ1) is 21.5. The minimum absolute atomic E-state index is 0.115. The normalized spacial score (nSPS) is 12.8. The summed E-state index contributed by atoms with van der Waals surface area (Å²) in [5.74, 6) is 0.709. The molecule has 0 radical (unpaired) electrons. The van der Waals surface area contributed by atoms with Gasteiger partial charge in [0.15, 0.2) is 5.82 Å². The fourth-order valence-electron chi connectivity index (χ4n) is 4.11. The van der Waals surface area contributed by atoms with Crippen molar-refractivity contribution < 1.29 is 14.3 Å². The molecular formula is C26H23N5O3. The maximum atomic E-state index is 13.4. The topological polar surface area (TPSA) is 90.2 Å². The van der Waals surface area contributed by atoms with Gasteiger partial charge in [0.1, 0.15) is 17.8 Å². The lowest BCUT2D eigenvalue weighted by Gasteiger charge is -2.16. The van der Waals surface area contributed by atoms with E-state index in [9.17, 15) is 9.59 Å². The molecule has 2 aromatic heterocycles. The second kappa shape index (κ2) is 8.55. The maximum Gasteiger partial charge on any atom is 0.337 e. The van der Waals surface area contributed by atoms with E-state index in [2.05, 4.69) is 24.0 Å². The molecule has 0 bridgehead atoms. The molecule has 0 aliphatic carbocycles. The number of hydrogen-bond acceptors (Lipinski definition) is 6. The molecule has 3 heterocycles. The molecule has 34 heavy (non-hydrogen) atoms. The van der Waals surface area contributed by atoms with Crippen LogP contribution in [0.15, 0.2) is 67.0 Å². The number of benzene rings is 2. The van der Waals surface area contributed by atoms with Crippen molar-refractivity contribution in [3.8, 4) is 22.6 Å². The number of aromatic nitrogens is 4. The van der Waals surface area contributed by atoms with Crippen LogP contribution in [-0.4, -0.2) is 38.7 Å². The van der Waals surface area contributed by atoms with Crippen LogP contribution in [0.25, 0.3) is 22.6 Å². The first-order valence-corrected chi connectivity index (χ1v) is 11.0. The molecule has 0 atom stereocenters. The van der Waals surface area contributed by atoms with E-state index in [0.29, 0.717) is 35.0 Å². The van der Waals surface area contributed by atoms with Gasteiger partial charge in [0.2, 0.25) is 0 Å². The van der Waals surface area contributed by atoms with Gasteiger partial charge in [-0.3, -0.25) is 9.69 Å². The van der Waals surface area contributed by atoms with Crippen LogP contribution in [0.1, 0.15) is 46.2 Å². The maximum absolute atomic E-state index is 13.4. The Morgan fingerprint density at radius 1 is 1.03 bits per heavy atom. The SMILES string of the molecule is COC(=O)c1cccc(-c2ccc3c(c2)C(=O)N(c2cccc(-c4nncn4C(C)C)n2)C3)c1. The zero-order chi connectivity index (χ0) is 23.8. The van der Waals surface area contributed by atoms with Crippen LogP contribution in [-0.2, 0) is 11.3 Å². The second-order valence-corrected chi connectivity index (χ2v) is 8.37. The molecular weight excluding hydrogens is 430 g/mol. The Morgan fingerprint density at radius 3 is 2.62 bits per heavy atom. The van der Waals surface area contributed by atoms with Crippen LogP contribution in [0.2, 0.25) is 0 Å². The average molecular weight is 454 g/mol. The van der Waals surface area contributed by atoms with Gasteiger partial charge in [0.25, 0.3) is 5.91 Å². The molecule has 1 amide bonds. The number of fused-ring (bicyclic) bond motifs is 1. The first-order chi connectivity index (χ1) is 16.5. The summed E-state index contributed by atoms with van der Waals surface area (Å²) in [5.41, 5.74) is 4.36. The van der Waals surface area contributed by atoms with E-state index in [0.717, 1.165) is 16.7 Å². The average Bonchev–Trinajstić information content (AvgIpc) is 3.49. The number of esters is 1. The summed E-state index contributed by atoms with van der Waals surface area (Å²) >= 11 is 0. The number of ether oxygens (including phenoxy) is 1. The van der Waals surface area contributed by atoms with Gasteiger partial charge >= 0.3 is 5.97 Å². The quantitative estimate of drug-likeness (QED) is 0.412. The molecule has 0 unspecified atom stereocenters. The highest BCUT2D eigenvalue weighted by Crippen LogP contribution is 2.32. The zero-order valence-electron chi connectivity index (χ0n) is 19.1. The third-order valence-corrected chi connectivity index (χ3v) is 5.90. The zero-order valence-corrected chi connectivity index (χ0v) is 19.1. The Bertz CT molecular complexity index is 1410. The third kappa shape index (κ3) is 3.73. The Kier molecular flexibility index (Phi) is 5.41. The van der Waals surface area contributed by atoms with Crippen LogP contribution >= 0.6 is 0 Å².